The monoisotopic (exact) mass is 364 g/mol. The van der Waals surface area contributed by atoms with Gasteiger partial charge in [0.15, 0.2) is 0 Å². The van der Waals surface area contributed by atoms with Crippen LogP contribution in [0.4, 0.5) is 0 Å². The summed E-state index contributed by atoms with van der Waals surface area (Å²) >= 11 is 8.58. The Labute approximate surface area is 155 Å². The minimum Gasteiger partial charge on any atom is -0.299 e. The van der Waals surface area contributed by atoms with Gasteiger partial charge in [-0.3, -0.25) is 4.79 Å². The van der Waals surface area contributed by atoms with Crippen molar-refractivity contribution < 1.29 is 4.79 Å². The molecule has 3 rings (SSSR count). The van der Waals surface area contributed by atoms with Crippen molar-refractivity contribution in [2.24, 2.45) is 23.2 Å². The van der Waals surface area contributed by atoms with E-state index in [2.05, 4.69) is 52.0 Å². The number of carbonyl (C=O) groups excluding carboxylic acids is 1. The Morgan fingerprint density at radius 3 is 2.42 bits per heavy atom. The lowest BCUT2D eigenvalue weighted by Gasteiger charge is -2.36. The molecule has 0 unspecified atom stereocenters. The number of hydrogen-bond donors (Lipinski definition) is 0. The Hall–Kier alpha value is -0.470. The topological polar surface area (TPSA) is 17.1 Å². The van der Waals surface area contributed by atoms with Gasteiger partial charge in [-0.1, -0.05) is 32.0 Å². The first-order valence-electron chi connectivity index (χ1n) is 9.17. The number of hydrogen-bond acceptors (Lipinski definition) is 2. The Kier molecular flexibility index (Phi) is 5.10. The maximum absolute atomic E-state index is 13.4. The molecule has 1 aromatic rings. The fourth-order valence-electron chi connectivity index (χ4n) is 4.88. The highest BCUT2D eigenvalue weighted by Crippen LogP contribution is 2.58. The van der Waals surface area contributed by atoms with Crippen LogP contribution in [0, 0.1) is 23.2 Å². The van der Waals surface area contributed by atoms with Crippen LogP contribution in [0.1, 0.15) is 53.4 Å². The van der Waals surface area contributed by atoms with Crippen molar-refractivity contribution in [3.8, 4) is 0 Å². The van der Waals surface area contributed by atoms with Crippen molar-refractivity contribution in [1.82, 2.24) is 0 Å². The number of fused-ring (bicyclic) bond motifs is 1. The summed E-state index contributed by atoms with van der Waals surface area (Å²) in [6.07, 6.45) is 4.49. The molecule has 24 heavy (non-hydrogen) atoms. The second-order valence-corrected chi connectivity index (χ2v) is 10.8. The standard InChI is InChI=1S/C21H29ClOS/c1-14-17(24-15-8-6-5-7-9-15)11-13-21(4)12-10-16(20(2,3)22)18(21)19(14)23/h5-9,14,16-18H,10-13H2,1-4H3/t14-,16+,17+,18+,21+/m0/s1. The molecule has 1 nitrogen and oxygen atoms in total. The van der Waals surface area contributed by atoms with Gasteiger partial charge >= 0.3 is 0 Å². The van der Waals surface area contributed by atoms with Gasteiger partial charge in [0.05, 0.1) is 0 Å². The molecule has 1 aromatic carbocycles. The summed E-state index contributed by atoms with van der Waals surface area (Å²) in [5.74, 6) is 0.988. The van der Waals surface area contributed by atoms with Gasteiger partial charge in [-0.25, -0.2) is 0 Å². The summed E-state index contributed by atoms with van der Waals surface area (Å²) in [6, 6.07) is 10.5. The van der Waals surface area contributed by atoms with Crippen molar-refractivity contribution in [3.63, 3.8) is 0 Å². The highest BCUT2D eigenvalue weighted by Gasteiger charge is 2.55. The summed E-state index contributed by atoms with van der Waals surface area (Å²) < 4.78 is 0. The fraction of sp³-hybridized carbons (Fsp3) is 0.667. The minimum absolute atomic E-state index is 0.0987. The van der Waals surface area contributed by atoms with Gasteiger partial charge in [-0.05, 0) is 63.0 Å². The second-order valence-electron chi connectivity index (χ2n) is 8.54. The van der Waals surface area contributed by atoms with E-state index >= 15 is 0 Å². The first-order chi connectivity index (χ1) is 11.2. The SMILES string of the molecule is C[C@@H]1C(=O)[C@H]2[C@H](C(C)(C)Cl)CC[C@]2(C)CC[C@H]1Sc1ccccc1. The highest BCUT2D eigenvalue weighted by molar-refractivity contribution is 8.00. The maximum Gasteiger partial charge on any atom is 0.140 e. The third kappa shape index (κ3) is 3.42. The van der Waals surface area contributed by atoms with Gasteiger partial charge < -0.3 is 0 Å². The number of alkyl halides is 1. The minimum atomic E-state index is -0.301. The average molecular weight is 365 g/mol. The molecule has 2 aliphatic rings. The largest absolute Gasteiger partial charge is 0.299 e. The van der Waals surface area contributed by atoms with Crippen molar-refractivity contribution in [2.45, 2.75) is 68.4 Å². The molecule has 0 spiro atoms. The number of carbonyl (C=O) groups is 1. The summed E-state index contributed by atoms with van der Waals surface area (Å²) in [4.78, 5) is 14.4. The molecule has 2 fully saturated rings. The lowest BCUT2D eigenvalue weighted by Crippen LogP contribution is -2.40. The third-order valence-corrected chi connectivity index (χ3v) is 8.18. The van der Waals surface area contributed by atoms with E-state index in [-0.39, 0.29) is 22.1 Å². The predicted molar refractivity (Wildman–Crippen MR) is 104 cm³/mol. The highest BCUT2D eigenvalue weighted by atomic mass is 35.5. The average Bonchev–Trinajstić information content (AvgIpc) is 2.85. The summed E-state index contributed by atoms with van der Waals surface area (Å²) in [6.45, 7) is 8.65. The van der Waals surface area contributed by atoms with Crippen LogP contribution in [0.3, 0.4) is 0 Å². The Morgan fingerprint density at radius 2 is 1.79 bits per heavy atom. The van der Waals surface area contributed by atoms with Crippen LogP contribution in [0.15, 0.2) is 35.2 Å². The number of rotatable bonds is 3. The molecule has 0 amide bonds. The van der Waals surface area contributed by atoms with E-state index in [4.69, 9.17) is 11.6 Å². The van der Waals surface area contributed by atoms with Gasteiger partial charge in [0.1, 0.15) is 5.78 Å². The molecule has 2 aliphatic carbocycles. The summed E-state index contributed by atoms with van der Waals surface area (Å²) in [5.41, 5.74) is 0.133. The number of halogens is 1. The van der Waals surface area contributed by atoms with E-state index in [1.165, 1.54) is 4.90 Å². The van der Waals surface area contributed by atoms with Crippen LogP contribution in [0.2, 0.25) is 0 Å². The molecule has 0 saturated heterocycles. The Bertz CT molecular complexity index is 594. The molecule has 5 atom stereocenters. The zero-order chi connectivity index (χ0) is 17.5. The first-order valence-corrected chi connectivity index (χ1v) is 10.4. The molecular weight excluding hydrogens is 336 g/mol. The molecule has 0 bridgehead atoms. The van der Waals surface area contributed by atoms with Crippen LogP contribution in [0.25, 0.3) is 0 Å². The van der Waals surface area contributed by atoms with Crippen LogP contribution < -0.4 is 0 Å². The number of Topliss-reactive ketones (excluding diaryl/α,β-unsaturated/α-hetero) is 1. The summed E-state index contributed by atoms with van der Waals surface area (Å²) in [5, 5.41) is 0.376. The van der Waals surface area contributed by atoms with Crippen molar-refractivity contribution in [2.75, 3.05) is 0 Å². The molecule has 0 aromatic heterocycles. The smallest absolute Gasteiger partial charge is 0.140 e. The normalized spacial score (nSPS) is 37.1. The van der Waals surface area contributed by atoms with E-state index in [1.54, 1.807) is 0 Å². The lowest BCUT2D eigenvalue weighted by molar-refractivity contribution is -0.130. The van der Waals surface area contributed by atoms with Crippen molar-refractivity contribution in [3.05, 3.63) is 30.3 Å². The number of thioether (sulfide) groups is 1. The van der Waals surface area contributed by atoms with Crippen molar-refractivity contribution in [1.29, 1.82) is 0 Å². The predicted octanol–water partition coefficient (Wildman–Crippen LogP) is 6.20. The molecule has 0 aliphatic heterocycles. The van der Waals surface area contributed by atoms with E-state index in [0.717, 1.165) is 25.7 Å². The lowest BCUT2D eigenvalue weighted by atomic mass is 9.70. The molecule has 132 valence electrons. The van der Waals surface area contributed by atoms with Gasteiger partial charge in [0, 0.05) is 26.9 Å². The quantitative estimate of drug-likeness (QED) is 0.594. The summed E-state index contributed by atoms with van der Waals surface area (Å²) in [7, 11) is 0. The van der Waals surface area contributed by atoms with E-state index < -0.39 is 0 Å². The molecular formula is C21H29ClOS. The Balaban J connectivity index is 1.85. The van der Waals surface area contributed by atoms with E-state index in [9.17, 15) is 4.79 Å². The number of benzene rings is 1. The third-order valence-electron chi connectivity index (χ3n) is 6.41. The molecule has 0 N–H and O–H groups in total. The molecule has 0 radical (unpaired) electrons. The van der Waals surface area contributed by atoms with Gasteiger partial charge in [0.25, 0.3) is 0 Å². The van der Waals surface area contributed by atoms with Gasteiger partial charge in [-0.2, -0.15) is 0 Å². The number of ketones is 1. The van der Waals surface area contributed by atoms with Crippen LogP contribution in [-0.2, 0) is 4.79 Å². The molecule has 3 heteroatoms. The second kappa shape index (κ2) is 6.68. The fourth-order valence-corrected chi connectivity index (χ4v) is 6.35. The van der Waals surface area contributed by atoms with Crippen LogP contribution in [0.5, 0.6) is 0 Å². The zero-order valence-electron chi connectivity index (χ0n) is 15.2. The Morgan fingerprint density at radius 1 is 1.17 bits per heavy atom. The first kappa shape index (κ1) is 18.3. The van der Waals surface area contributed by atoms with Crippen molar-refractivity contribution >= 4 is 29.1 Å². The zero-order valence-corrected chi connectivity index (χ0v) is 16.8. The van der Waals surface area contributed by atoms with Gasteiger partial charge in [0.2, 0.25) is 0 Å². The molecule has 2 saturated carbocycles. The van der Waals surface area contributed by atoms with Crippen LogP contribution in [-0.4, -0.2) is 15.9 Å². The van der Waals surface area contributed by atoms with Crippen LogP contribution >= 0.6 is 23.4 Å². The maximum atomic E-state index is 13.4. The molecule has 0 heterocycles. The van der Waals surface area contributed by atoms with Gasteiger partial charge in [-0.15, -0.1) is 23.4 Å². The van der Waals surface area contributed by atoms with E-state index in [1.807, 2.05) is 17.8 Å². The van der Waals surface area contributed by atoms with E-state index in [0.29, 0.717) is 17.0 Å².